The molecule has 0 bridgehead atoms. The third-order valence-corrected chi connectivity index (χ3v) is 5.34. The molecule has 1 aliphatic rings. The van der Waals surface area contributed by atoms with Crippen LogP contribution in [0.15, 0.2) is 76.9 Å². The lowest BCUT2D eigenvalue weighted by Gasteiger charge is -2.23. The van der Waals surface area contributed by atoms with Crippen molar-refractivity contribution in [2.24, 2.45) is 0 Å². The molecule has 1 aliphatic heterocycles. The van der Waals surface area contributed by atoms with E-state index in [9.17, 15) is 14.7 Å². The van der Waals surface area contributed by atoms with Crippen molar-refractivity contribution in [3.8, 4) is 11.5 Å². The highest BCUT2D eigenvalue weighted by molar-refractivity contribution is 6.46. The molecule has 1 fully saturated rings. The third-order valence-electron chi connectivity index (χ3n) is 5.34. The van der Waals surface area contributed by atoms with Crippen LogP contribution in [0.4, 0.5) is 0 Å². The molecule has 0 radical (unpaired) electrons. The summed E-state index contributed by atoms with van der Waals surface area (Å²) in [5.41, 5.74) is 1.17. The summed E-state index contributed by atoms with van der Waals surface area (Å²) >= 11 is 0. The van der Waals surface area contributed by atoms with E-state index in [0.717, 1.165) is 5.56 Å². The monoisotopic (exact) mass is 447 g/mol. The van der Waals surface area contributed by atoms with Gasteiger partial charge in [-0.15, -0.1) is 0 Å². The Hall–Kier alpha value is -4.00. The van der Waals surface area contributed by atoms with Gasteiger partial charge in [0.15, 0.2) is 0 Å². The molecule has 1 aromatic heterocycles. The fraction of sp³-hybridized carbons (Fsp3) is 0.231. The summed E-state index contributed by atoms with van der Waals surface area (Å²) in [6.07, 6.45) is 1.42. The number of likely N-dealkylation sites (tertiary alicyclic amines) is 1. The molecule has 170 valence electrons. The molecule has 7 nitrogen and oxygen atoms in total. The summed E-state index contributed by atoms with van der Waals surface area (Å²) in [5, 5.41) is 11.2. The number of Topliss-reactive ketones (excluding diaryl/α,β-unsaturated/α-hetero) is 1. The molecule has 1 amide bonds. The zero-order valence-corrected chi connectivity index (χ0v) is 18.6. The van der Waals surface area contributed by atoms with Crippen molar-refractivity contribution < 1.29 is 28.6 Å². The summed E-state index contributed by atoms with van der Waals surface area (Å²) in [7, 11) is 1.58. The van der Waals surface area contributed by atoms with Crippen LogP contribution >= 0.6 is 0 Å². The van der Waals surface area contributed by atoms with Gasteiger partial charge in [0.25, 0.3) is 11.7 Å². The lowest BCUT2D eigenvalue weighted by molar-refractivity contribution is -0.140. The van der Waals surface area contributed by atoms with E-state index in [4.69, 9.17) is 13.9 Å². The normalized spacial score (nSPS) is 17.6. The number of rotatable bonds is 7. The number of aliphatic hydroxyl groups is 1. The van der Waals surface area contributed by atoms with E-state index in [2.05, 4.69) is 0 Å². The smallest absolute Gasteiger partial charge is 0.296 e. The summed E-state index contributed by atoms with van der Waals surface area (Å²) in [6, 6.07) is 16.5. The maximum Gasteiger partial charge on any atom is 0.296 e. The summed E-state index contributed by atoms with van der Waals surface area (Å²) in [6.45, 7) is 3.95. The molecule has 0 spiro atoms. The van der Waals surface area contributed by atoms with Gasteiger partial charge in [-0.2, -0.15) is 0 Å². The molecule has 7 heteroatoms. The maximum absolute atomic E-state index is 13.1. The molecule has 0 aliphatic carbocycles. The van der Waals surface area contributed by atoms with E-state index < -0.39 is 17.7 Å². The average molecular weight is 447 g/mol. The van der Waals surface area contributed by atoms with E-state index in [1.807, 2.05) is 26.0 Å². The Labute approximate surface area is 191 Å². The zero-order valence-electron chi connectivity index (χ0n) is 18.6. The first kappa shape index (κ1) is 22.2. The van der Waals surface area contributed by atoms with Crippen LogP contribution in [0.25, 0.3) is 5.76 Å². The molecule has 1 saturated heterocycles. The van der Waals surface area contributed by atoms with Crippen LogP contribution < -0.4 is 9.47 Å². The summed E-state index contributed by atoms with van der Waals surface area (Å²) in [4.78, 5) is 27.5. The number of hydrogen-bond donors (Lipinski definition) is 1. The number of ether oxygens (including phenoxy) is 2. The van der Waals surface area contributed by atoms with Gasteiger partial charge in [-0.25, -0.2) is 0 Å². The molecule has 2 heterocycles. The Bertz CT molecular complexity index is 1180. The van der Waals surface area contributed by atoms with Gasteiger partial charge in [0.05, 0.1) is 25.1 Å². The lowest BCUT2D eigenvalue weighted by atomic mass is 9.99. The van der Waals surface area contributed by atoms with Gasteiger partial charge in [-0.3, -0.25) is 9.59 Å². The van der Waals surface area contributed by atoms with Gasteiger partial charge in [0, 0.05) is 12.1 Å². The molecular formula is C26H25NO6. The van der Waals surface area contributed by atoms with Gasteiger partial charge < -0.3 is 23.9 Å². The maximum atomic E-state index is 13.1. The molecule has 4 rings (SSSR count). The van der Waals surface area contributed by atoms with Crippen LogP contribution in [0.1, 0.15) is 36.8 Å². The summed E-state index contributed by atoms with van der Waals surface area (Å²) in [5.74, 6) is -0.121. The Balaban J connectivity index is 1.77. The second kappa shape index (κ2) is 9.24. The van der Waals surface area contributed by atoms with Crippen LogP contribution in [0, 0.1) is 0 Å². The number of aliphatic hydroxyl groups excluding tert-OH is 1. The van der Waals surface area contributed by atoms with Crippen LogP contribution in [0.5, 0.6) is 11.5 Å². The predicted octanol–water partition coefficient (Wildman–Crippen LogP) is 4.70. The highest BCUT2D eigenvalue weighted by atomic mass is 16.5. The highest BCUT2D eigenvalue weighted by Crippen LogP contribution is 2.40. The van der Waals surface area contributed by atoms with E-state index in [-0.39, 0.29) is 24.0 Å². The van der Waals surface area contributed by atoms with Gasteiger partial charge in [0.2, 0.25) is 0 Å². The Morgan fingerprint density at radius 2 is 1.82 bits per heavy atom. The minimum atomic E-state index is -0.864. The third kappa shape index (κ3) is 4.48. The number of ketones is 1. The molecule has 2 aromatic carbocycles. The van der Waals surface area contributed by atoms with Crippen LogP contribution in [0.3, 0.4) is 0 Å². The number of methoxy groups -OCH3 is 1. The van der Waals surface area contributed by atoms with E-state index in [0.29, 0.717) is 22.8 Å². The Kier molecular flexibility index (Phi) is 6.22. The van der Waals surface area contributed by atoms with Crippen molar-refractivity contribution in [3.05, 3.63) is 89.4 Å². The Morgan fingerprint density at radius 1 is 1.06 bits per heavy atom. The number of carbonyl (C=O) groups is 2. The van der Waals surface area contributed by atoms with Gasteiger partial charge in [0.1, 0.15) is 29.1 Å². The van der Waals surface area contributed by atoms with Crippen molar-refractivity contribution in [3.63, 3.8) is 0 Å². The van der Waals surface area contributed by atoms with E-state index in [1.54, 1.807) is 55.6 Å². The number of furan rings is 1. The molecule has 0 saturated carbocycles. The highest BCUT2D eigenvalue weighted by Gasteiger charge is 2.47. The van der Waals surface area contributed by atoms with E-state index >= 15 is 0 Å². The fourth-order valence-corrected chi connectivity index (χ4v) is 3.86. The first-order chi connectivity index (χ1) is 15.9. The molecule has 1 unspecified atom stereocenters. The van der Waals surface area contributed by atoms with Crippen molar-refractivity contribution >= 4 is 17.4 Å². The molecule has 33 heavy (non-hydrogen) atoms. The standard InChI is InChI=1S/C26H25NO6/c1-16(2)33-20-7-4-6-18(14-20)24(28)22-23(21-8-5-13-32-21)27(26(30)25(22)29)15-17-9-11-19(31-3)12-10-17/h4-14,16,23,28H,15H2,1-3H3/b24-22-. The zero-order chi connectivity index (χ0) is 23.5. The quantitative estimate of drug-likeness (QED) is 0.321. The lowest BCUT2D eigenvalue weighted by Crippen LogP contribution is -2.29. The average Bonchev–Trinajstić information content (AvgIpc) is 3.42. The number of nitrogens with zero attached hydrogens (tertiary/aromatic N) is 1. The minimum absolute atomic E-state index is 0.0230. The van der Waals surface area contributed by atoms with Crippen molar-refractivity contribution in [2.75, 3.05) is 7.11 Å². The number of carbonyl (C=O) groups excluding carboxylic acids is 2. The van der Waals surface area contributed by atoms with Gasteiger partial charge >= 0.3 is 0 Å². The second-order valence-corrected chi connectivity index (χ2v) is 7.98. The van der Waals surface area contributed by atoms with Crippen molar-refractivity contribution in [1.82, 2.24) is 4.90 Å². The minimum Gasteiger partial charge on any atom is -0.507 e. The van der Waals surface area contributed by atoms with Crippen LogP contribution in [-0.2, 0) is 16.1 Å². The van der Waals surface area contributed by atoms with Crippen LogP contribution in [-0.4, -0.2) is 34.9 Å². The SMILES string of the molecule is COc1ccc(CN2C(=O)C(=O)/C(=C(\O)c3cccc(OC(C)C)c3)C2c2ccco2)cc1. The topological polar surface area (TPSA) is 89.2 Å². The van der Waals surface area contributed by atoms with Crippen LogP contribution in [0.2, 0.25) is 0 Å². The first-order valence-corrected chi connectivity index (χ1v) is 10.6. The largest absolute Gasteiger partial charge is 0.507 e. The molecular weight excluding hydrogens is 422 g/mol. The number of benzene rings is 2. The molecule has 1 atom stereocenters. The van der Waals surface area contributed by atoms with E-state index in [1.165, 1.54) is 11.2 Å². The second-order valence-electron chi connectivity index (χ2n) is 7.98. The number of hydrogen-bond acceptors (Lipinski definition) is 6. The number of amides is 1. The van der Waals surface area contributed by atoms with Crippen molar-refractivity contribution in [1.29, 1.82) is 0 Å². The predicted molar refractivity (Wildman–Crippen MR) is 122 cm³/mol. The molecule has 1 N–H and O–H groups in total. The Morgan fingerprint density at radius 3 is 2.45 bits per heavy atom. The first-order valence-electron chi connectivity index (χ1n) is 10.6. The van der Waals surface area contributed by atoms with Gasteiger partial charge in [-0.05, 0) is 55.8 Å². The molecule has 3 aromatic rings. The van der Waals surface area contributed by atoms with Gasteiger partial charge in [-0.1, -0.05) is 24.3 Å². The fourth-order valence-electron chi connectivity index (χ4n) is 3.86. The summed E-state index contributed by atoms with van der Waals surface area (Å²) < 4.78 is 16.5. The van der Waals surface area contributed by atoms with Crippen molar-refractivity contribution in [2.45, 2.75) is 32.5 Å².